The van der Waals surface area contributed by atoms with Gasteiger partial charge in [0.1, 0.15) is 0 Å². The van der Waals surface area contributed by atoms with E-state index in [1.807, 2.05) is 45.0 Å². The molecule has 114 valence electrons. The van der Waals surface area contributed by atoms with Crippen LogP contribution in [0.15, 0.2) is 30.5 Å². The number of thiocarbonyl (C=S) groups is 1. The van der Waals surface area contributed by atoms with Gasteiger partial charge < -0.3 is 9.64 Å². The van der Waals surface area contributed by atoms with Crippen LogP contribution >= 0.6 is 23.8 Å². The number of nitrogens with zero attached hydrogens (tertiary/aromatic N) is 2. The standard InChI is InChI=1S/C9H12ClN.C6H7NO2S/c1-7-4-5-8(11(2)3)6-9(7)10;1-3-7-5(8)4(2)9-6(7)10/h4-6H,1-3H3;2-3H2,1H3. The largest absolute Gasteiger partial charge is 0.426 e. The van der Waals surface area contributed by atoms with Crippen LogP contribution in [0.25, 0.3) is 0 Å². The molecular formula is C15H19ClN2O2S. The van der Waals surface area contributed by atoms with Crippen molar-refractivity contribution in [3.63, 3.8) is 0 Å². The number of hydrogen-bond acceptors (Lipinski definition) is 4. The molecule has 1 aromatic carbocycles. The third-order valence-corrected chi connectivity index (χ3v) is 3.61. The first-order valence-corrected chi connectivity index (χ1v) is 7.22. The van der Waals surface area contributed by atoms with Crippen molar-refractivity contribution < 1.29 is 9.53 Å². The maximum Gasteiger partial charge on any atom is 0.296 e. The normalized spacial score (nSPS) is 13.8. The number of carbonyl (C=O) groups is 1. The van der Waals surface area contributed by atoms with E-state index in [0.29, 0.717) is 6.54 Å². The van der Waals surface area contributed by atoms with Crippen molar-refractivity contribution in [1.29, 1.82) is 0 Å². The van der Waals surface area contributed by atoms with Gasteiger partial charge in [0, 0.05) is 31.4 Å². The molecule has 2 rings (SSSR count). The fourth-order valence-corrected chi connectivity index (χ4v) is 2.06. The number of carbonyl (C=O) groups excluding carboxylic acids is 1. The fraction of sp³-hybridized carbons (Fsp3) is 0.333. The molecule has 0 bridgehead atoms. The summed E-state index contributed by atoms with van der Waals surface area (Å²) in [5, 5.41) is 1.04. The highest BCUT2D eigenvalue weighted by molar-refractivity contribution is 7.80. The zero-order valence-corrected chi connectivity index (χ0v) is 14.2. The van der Waals surface area contributed by atoms with E-state index >= 15 is 0 Å². The van der Waals surface area contributed by atoms with Crippen LogP contribution in [0, 0.1) is 6.92 Å². The Kier molecular flexibility index (Phi) is 6.18. The smallest absolute Gasteiger partial charge is 0.296 e. The Hall–Kier alpha value is -1.59. The van der Waals surface area contributed by atoms with Gasteiger partial charge in [-0.05, 0) is 43.8 Å². The van der Waals surface area contributed by atoms with E-state index in [9.17, 15) is 4.79 Å². The number of aryl methyl sites for hydroxylation is 1. The predicted molar refractivity (Wildman–Crippen MR) is 90.7 cm³/mol. The highest BCUT2D eigenvalue weighted by Gasteiger charge is 2.30. The molecule has 0 spiro atoms. The summed E-state index contributed by atoms with van der Waals surface area (Å²) in [6.07, 6.45) is 0. The molecule has 1 heterocycles. The summed E-state index contributed by atoms with van der Waals surface area (Å²) in [7, 11) is 4.00. The van der Waals surface area contributed by atoms with Gasteiger partial charge in [-0.2, -0.15) is 0 Å². The molecule has 0 aliphatic carbocycles. The van der Waals surface area contributed by atoms with Crippen molar-refractivity contribution in [1.82, 2.24) is 4.90 Å². The third-order valence-electron chi connectivity index (χ3n) is 2.90. The molecule has 1 aliphatic rings. The first-order valence-electron chi connectivity index (χ1n) is 6.44. The molecule has 1 saturated heterocycles. The maximum absolute atomic E-state index is 11.0. The lowest BCUT2D eigenvalue weighted by atomic mass is 10.2. The van der Waals surface area contributed by atoms with Crippen LogP contribution in [0.3, 0.4) is 0 Å². The molecular weight excluding hydrogens is 308 g/mol. The number of anilines is 1. The van der Waals surface area contributed by atoms with Crippen LogP contribution in [0.4, 0.5) is 5.69 Å². The zero-order chi connectivity index (χ0) is 16.2. The van der Waals surface area contributed by atoms with Crippen LogP contribution < -0.4 is 4.90 Å². The molecule has 0 unspecified atom stereocenters. The van der Waals surface area contributed by atoms with E-state index < -0.39 is 0 Å². The molecule has 6 heteroatoms. The number of ether oxygens (including phenoxy) is 1. The highest BCUT2D eigenvalue weighted by atomic mass is 35.5. The molecule has 0 radical (unpaired) electrons. The second kappa shape index (κ2) is 7.43. The first kappa shape index (κ1) is 17.5. The maximum atomic E-state index is 11.0. The summed E-state index contributed by atoms with van der Waals surface area (Å²) in [5.74, 6) is -0.112. The SMILES string of the molecule is C=C1OC(=S)N(CC)C1=O.Cc1ccc(N(C)C)cc1Cl. The van der Waals surface area contributed by atoms with Crippen molar-refractivity contribution in [3.8, 4) is 0 Å². The van der Waals surface area contributed by atoms with Gasteiger partial charge in [0.15, 0.2) is 5.76 Å². The Labute approximate surface area is 135 Å². The van der Waals surface area contributed by atoms with Gasteiger partial charge in [-0.25, -0.2) is 0 Å². The van der Waals surface area contributed by atoms with Crippen LogP contribution in [0.2, 0.25) is 5.02 Å². The number of halogens is 1. The number of rotatable bonds is 2. The van der Waals surface area contributed by atoms with E-state index in [1.165, 1.54) is 4.90 Å². The second-order valence-corrected chi connectivity index (χ2v) is 5.42. The summed E-state index contributed by atoms with van der Waals surface area (Å²) in [6, 6.07) is 6.05. The molecule has 1 amide bonds. The molecule has 0 N–H and O–H groups in total. The van der Waals surface area contributed by atoms with E-state index in [4.69, 9.17) is 28.6 Å². The Morgan fingerprint density at radius 3 is 2.38 bits per heavy atom. The molecule has 1 aliphatic heterocycles. The van der Waals surface area contributed by atoms with Crippen molar-refractivity contribution in [2.24, 2.45) is 0 Å². The van der Waals surface area contributed by atoms with Crippen molar-refractivity contribution in [2.45, 2.75) is 13.8 Å². The van der Waals surface area contributed by atoms with E-state index in [-0.39, 0.29) is 16.8 Å². The second-order valence-electron chi connectivity index (χ2n) is 4.67. The van der Waals surface area contributed by atoms with Crippen LogP contribution in [-0.2, 0) is 9.53 Å². The fourth-order valence-electron chi connectivity index (χ4n) is 1.57. The lowest BCUT2D eigenvalue weighted by molar-refractivity contribution is -0.122. The van der Waals surface area contributed by atoms with Gasteiger partial charge in [0.25, 0.3) is 11.1 Å². The Bertz CT molecular complexity index is 573. The predicted octanol–water partition coefficient (Wildman–Crippen LogP) is 3.38. The molecule has 0 aromatic heterocycles. The van der Waals surface area contributed by atoms with Gasteiger partial charge in [-0.15, -0.1) is 0 Å². The first-order chi connectivity index (χ1) is 9.77. The summed E-state index contributed by atoms with van der Waals surface area (Å²) in [4.78, 5) is 14.4. The van der Waals surface area contributed by atoms with Crippen LogP contribution in [0.5, 0.6) is 0 Å². The quantitative estimate of drug-likeness (QED) is 0.616. The van der Waals surface area contributed by atoms with E-state index in [2.05, 4.69) is 12.6 Å². The monoisotopic (exact) mass is 326 g/mol. The molecule has 1 aromatic rings. The third kappa shape index (κ3) is 4.44. The summed E-state index contributed by atoms with van der Waals surface area (Å²) >= 11 is 10.6. The Morgan fingerprint density at radius 2 is 2.05 bits per heavy atom. The van der Waals surface area contributed by atoms with Crippen molar-refractivity contribution in [3.05, 3.63) is 41.1 Å². The molecule has 4 nitrogen and oxygen atoms in total. The lowest BCUT2D eigenvalue weighted by Gasteiger charge is -2.12. The summed E-state index contributed by atoms with van der Waals surface area (Å²) in [6.45, 7) is 7.75. The van der Waals surface area contributed by atoms with Gasteiger partial charge >= 0.3 is 0 Å². The lowest BCUT2D eigenvalue weighted by Crippen LogP contribution is -2.27. The Balaban J connectivity index is 0.000000211. The molecule has 21 heavy (non-hydrogen) atoms. The number of hydrogen-bond donors (Lipinski definition) is 0. The van der Waals surface area contributed by atoms with Gasteiger partial charge in [-0.1, -0.05) is 24.2 Å². The topological polar surface area (TPSA) is 32.8 Å². The van der Waals surface area contributed by atoms with Gasteiger partial charge in [-0.3, -0.25) is 9.69 Å². The van der Waals surface area contributed by atoms with Crippen LogP contribution in [0.1, 0.15) is 12.5 Å². The molecule has 1 fully saturated rings. The minimum absolute atomic E-state index is 0.117. The average Bonchev–Trinajstić information content (AvgIpc) is 2.66. The zero-order valence-electron chi connectivity index (χ0n) is 12.6. The minimum atomic E-state index is -0.229. The minimum Gasteiger partial charge on any atom is -0.426 e. The van der Waals surface area contributed by atoms with Gasteiger partial charge in [0.2, 0.25) is 0 Å². The number of benzene rings is 1. The van der Waals surface area contributed by atoms with E-state index in [0.717, 1.165) is 16.3 Å². The number of amides is 1. The summed E-state index contributed by atoms with van der Waals surface area (Å²) in [5.41, 5.74) is 2.26. The van der Waals surface area contributed by atoms with E-state index in [1.54, 1.807) is 0 Å². The summed E-state index contributed by atoms with van der Waals surface area (Å²) < 4.78 is 4.79. The molecule has 0 saturated carbocycles. The number of likely N-dealkylation sites (N-methyl/N-ethyl adjacent to an activating group) is 1. The molecule has 0 atom stereocenters. The Morgan fingerprint density at radius 1 is 1.43 bits per heavy atom. The average molecular weight is 327 g/mol. The highest BCUT2D eigenvalue weighted by Crippen LogP contribution is 2.21. The van der Waals surface area contributed by atoms with Crippen molar-refractivity contribution in [2.75, 3.05) is 25.5 Å². The van der Waals surface area contributed by atoms with Crippen molar-refractivity contribution >= 4 is 40.6 Å². The van der Waals surface area contributed by atoms with Gasteiger partial charge in [0.05, 0.1) is 0 Å². The van der Waals surface area contributed by atoms with Crippen LogP contribution in [-0.4, -0.2) is 36.6 Å².